The van der Waals surface area contributed by atoms with Crippen LogP contribution < -0.4 is 0 Å². The molecule has 0 saturated carbocycles. The van der Waals surface area contributed by atoms with Gasteiger partial charge in [-0.2, -0.15) is 5.26 Å². The van der Waals surface area contributed by atoms with Crippen molar-refractivity contribution in [3.8, 4) is 6.07 Å². The first-order valence-electron chi connectivity index (χ1n) is 5.99. The summed E-state index contributed by atoms with van der Waals surface area (Å²) in [4.78, 5) is 2.28. The number of hydrogen-bond acceptors (Lipinski definition) is 3. The normalized spacial score (nSPS) is 21.1. The zero-order chi connectivity index (χ0) is 12.3. The van der Waals surface area contributed by atoms with Crippen LogP contribution in [0.1, 0.15) is 16.7 Å². The van der Waals surface area contributed by atoms with Crippen molar-refractivity contribution in [2.24, 2.45) is 0 Å². The lowest BCUT2D eigenvalue weighted by Gasteiger charge is -2.29. The van der Waals surface area contributed by atoms with E-state index < -0.39 is 0 Å². The van der Waals surface area contributed by atoms with Crippen molar-refractivity contribution in [3.63, 3.8) is 0 Å². The maximum Gasteiger partial charge on any atom is 0.156 e. The first kappa shape index (κ1) is 12.1. The Morgan fingerprint density at radius 1 is 1.41 bits per heavy atom. The molecule has 1 aromatic rings. The summed E-state index contributed by atoms with van der Waals surface area (Å²) in [6.45, 7) is 7.44. The second kappa shape index (κ2) is 5.31. The third kappa shape index (κ3) is 3.06. The summed E-state index contributed by atoms with van der Waals surface area (Å²) in [5.74, 6) is 0. The Hall–Kier alpha value is -1.37. The average Bonchev–Trinajstić information content (AvgIpc) is 2.34. The Morgan fingerprint density at radius 3 is 2.94 bits per heavy atom. The van der Waals surface area contributed by atoms with Crippen LogP contribution in [-0.2, 0) is 11.3 Å². The number of rotatable bonds is 2. The van der Waals surface area contributed by atoms with Gasteiger partial charge in [0.1, 0.15) is 0 Å². The number of hydrogen-bond donors (Lipinski definition) is 0. The van der Waals surface area contributed by atoms with Gasteiger partial charge in [0, 0.05) is 19.6 Å². The van der Waals surface area contributed by atoms with Crippen molar-refractivity contribution in [1.29, 1.82) is 5.26 Å². The Labute approximate surface area is 103 Å². The number of nitrogens with zero attached hydrogens (tertiary/aromatic N) is 2. The number of morpholine rings is 1. The molecule has 3 nitrogen and oxygen atoms in total. The fourth-order valence-electron chi connectivity index (χ4n) is 2.08. The molecule has 1 saturated heterocycles. The van der Waals surface area contributed by atoms with E-state index in [2.05, 4.69) is 43.0 Å². The van der Waals surface area contributed by atoms with Gasteiger partial charge in [0.25, 0.3) is 0 Å². The quantitative estimate of drug-likeness (QED) is 0.780. The number of aryl methyl sites for hydroxylation is 2. The van der Waals surface area contributed by atoms with Crippen LogP contribution in [0.3, 0.4) is 0 Å². The molecule has 1 atom stereocenters. The SMILES string of the molecule is Cc1ccc(CN2CCOC(C#N)C2)cc1C. The highest BCUT2D eigenvalue weighted by Crippen LogP contribution is 2.14. The topological polar surface area (TPSA) is 36.3 Å². The molecule has 0 aliphatic carbocycles. The second-order valence-electron chi connectivity index (χ2n) is 4.64. The van der Waals surface area contributed by atoms with E-state index in [1.54, 1.807) is 0 Å². The van der Waals surface area contributed by atoms with E-state index in [-0.39, 0.29) is 6.10 Å². The molecule has 1 aliphatic rings. The highest BCUT2D eigenvalue weighted by Gasteiger charge is 2.19. The molecule has 2 rings (SSSR count). The molecule has 90 valence electrons. The molecule has 1 aliphatic heterocycles. The predicted octanol–water partition coefficient (Wildman–Crippen LogP) is 2.03. The van der Waals surface area contributed by atoms with Crippen LogP contribution in [-0.4, -0.2) is 30.7 Å². The van der Waals surface area contributed by atoms with Gasteiger partial charge >= 0.3 is 0 Å². The van der Waals surface area contributed by atoms with E-state index in [0.717, 1.165) is 13.1 Å². The fourth-order valence-corrected chi connectivity index (χ4v) is 2.08. The van der Waals surface area contributed by atoms with Gasteiger partial charge in [0.05, 0.1) is 12.7 Å². The van der Waals surface area contributed by atoms with E-state index in [1.165, 1.54) is 16.7 Å². The maximum absolute atomic E-state index is 8.85. The largest absolute Gasteiger partial charge is 0.361 e. The summed E-state index contributed by atoms with van der Waals surface area (Å²) >= 11 is 0. The maximum atomic E-state index is 8.85. The van der Waals surface area contributed by atoms with E-state index >= 15 is 0 Å². The van der Waals surface area contributed by atoms with Gasteiger partial charge in [-0.3, -0.25) is 4.90 Å². The van der Waals surface area contributed by atoms with Crippen LogP contribution in [0.4, 0.5) is 0 Å². The molecule has 1 fully saturated rings. The smallest absolute Gasteiger partial charge is 0.156 e. The Balaban J connectivity index is 2.00. The molecule has 0 radical (unpaired) electrons. The number of nitriles is 1. The summed E-state index contributed by atoms with van der Waals surface area (Å²) in [5, 5.41) is 8.85. The van der Waals surface area contributed by atoms with Gasteiger partial charge in [-0.05, 0) is 30.5 Å². The molecule has 3 heteroatoms. The predicted molar refractivity (Wildman–Crippen MR) is 66.5 cm³/mol. The second-order valence-corrected chi connectivity index (χ2v) is 4.64. The third-order valence-corrected chi connectivity index (χ3v) is 3.27. The first-order chi connectivity index (χ1) is 8.19. The monoisotopic (exact) mass is 230 g/mol. The van der Waals surface area contributed by atoms with Gasteiger partial charge in [0.15, 0.2) is 6.10 Å². The molecule has 17 heavy (non-hydrogen) atoms. The van der Waals surface area contributed by atoms with E-state index in [0.29, 0.717) is 13.2 Å². The molecular formula is C14H18N2O. The van der Waals surface area contributed by atoms with Gasteiger partial charge < -0.3 is 4.74 Å². The van der Waals surface area contributed by atoms with Gasteiger partial charge in [0.2, 0.25) is 0 Å². The minimum Gasteiger partial charge on any atom is -0.361 e. The third-order valence-electron chi connectivity index (χ3n) is 3.27. The van der Waals surface area contributed by atoms with Crippen LogP contribution in [0.5, 0.6) is 0 Å². The first-order valence-corrected chi connectivity index (χ1v) is 5.99. The molecule has 0 amide bonds. The van der Waals surface area contributed by atoms with Crippen LogP contribution >= 0.6 is 0 Å². The van der Waals surface area contributed by atoms with E-state index in [9.17, 15) is 0 Å². The zero-order valence-corrected chi connectivity index (χ0v) is 10.4. The summed E-state index contributed by atoms with van der Waals surface area (Å²) in [6, 6.07) is 8.73. The van der Waals surface area contributed by atoms with Crippen molar-refractivity contribution in [2.75, 3.05) is 19.7 Å². The van der Waals surface area contributed by atoms with Crippen LogP contribution in [0.2, 0.25) is 0 Å². The minimum atomic E-state index is -0.268. The van der Waals surface area contributed by atoms with E-state index in [1.807, 2.05) is 0 Å². The Morgan fingerprint density at radius 2 is 2.24 bits per heavy atom. The van der Waals surface area contributed by atoms with Crippen LogP contribution in [0.25, 0.3) is 0 Å². The fraction of sp³-hybridized carbons (Fsp3) is 0.500. The van der Waals surface area contributed by atoms with Crippen LogP contribution in [0.15, 0.2) is 18.2 Å². The summed E-state index contributed by atoms with van der Waals surface area (Å²) < 4.78 is 5.34. The highest BCUT2D eigenvalue weighted by atomic mass is 16.5. The zero-order valence-electron chi connectivity index (χ0n) is 10.4. The average molecular weight is 230 g/mol. The molecule has 0 spiro atoms. The Bertz CT molecular complexity index is 436. The van der Waals surface area contributed by atoms with Crippen molar-refractivity contribution < 1.29 is 4.74 Å². The molecule has 0 N–H and O–H groups in total. The van der Waals surface area contributed by atoms with E-state index in [4.69, 9.17) is 10.00 Å². The standard InChI is InChI=1S/C14H18N2O/c1-11-3-4-13(7-12(11)2)9-16-5-6-17-14(8-15)10-16/h3-4,7,14H,5-6,9-10H2,1-2H3. The molecule has 1 heterocycles. The minimum absolute atomic E-state index is 0.268. The van der Waals surface area contributed by atoms with Gasteiger partial charge in [-0.25, -0.2) is 0 Å². The molecule has 1 aromatic carbocycles. The number of ether oxygens (including phenoxy) is 1. The number of benzene rings is 1. The molecule has 1 unspecified atom stereocenters. The molecular weight excluding hydrogens is 212 g/mol. The molecule has 0 bridgehead atoms. The highest BCUT2D eigenvalue weighted by molar-refractivity contribution is 5.29. The van der Waals surface area contributed by atoms with Crippen molar-refractivity contribution in [1.82, 2.24) is 4.90 Å². The Kier molecular flexibility index (Phi) is 3.78. The lowest BCUT2D eigenvalue weighted by atomic mass is 10.1. The van der Waals surface area contributed by atoms with Crippen molar-refractivity contribution >= 4 is 0 Å². The summed E-state index contributed by atoms with van der Waals surface area (Å²) in [6.07, 6.45) is -0.268. The summed E-state index contributed by atoms with van der Waals surface area (Å²) in [5.41, 5.74) is 3.96. The van der Waals surface area contributed by atoms with Gasteiger partial charge in [-0.1, -0.05) is 18.2 Å². The van der Waals surface area contributed by atoms with Gasteiger partial charge in [-0.15, -0.1) is 0 Å². The lowest BCUT2D eigenvalue weighted by molar-refractivity contribution is -0.00269. The van der Waals surface area contributed by atoms with Crippen LogP contribution in [0, 0.1) is 25.2 Å². The summed E-state index contributed by atoms with van der Waals surface area (Å²) in [7, 11) is 0. The molecule has 0 aromatic heterocycles. The van der Waals surface area contributed by atoms with Crippen molar-refractivity contribution in [3.05, 3.63) is 34.9 Å². The van der Waals surface area contributed by atoms with Crippen molar-refractivity contribution in [2.45, 2.75) is 26.5 Å². The lowest BCUT2D eigenvalue weighted by Crippen LogP contribution is -2.41.